The fourth-order valence-electron chi connectivity index (χ4n) is 1.95. The molecule has 3 heteroatoms. The van der Waals surface area contributed by atoms with Crippen LogP contribution in [-0.4, -0.2) is 27.8 Å². The van der Waals surface area contributed by atoms with Crippen molar-refractivity contribution in [2.45, 2.75) is 37.9 Å². The lowest BCUT2D eigenvalue weighted by atomic mass is 10.1. The highest BCUT2D eigenvalue weighted by Crippen LogP contribution is 2.27. The van der Waals surface area contributed by atoms with Gasteiger partial charge in [0.15, 0.2) is 0 Å². The number of nitrogens with zero attached hydrogens (tertiary/aromatic N) is 1. The summed E-state index contributed by atoms with van der Waals surface area (Å²) in [5.41, 5.74) is 0. The van der Waals surface area contributed by atoms with Crippen LogP contribution in [0, 0.1) is 0 Å². The van der Waals surface area contributed by atoms with Gasteiger partial charge < -0.3 is 5.32 Å². The first-order valence-electron chi connectivity index (χ1n) is 3.96. The van der Waals surface area contributed by atoms with Gasteiger partial charge in [-0.2, -0.15) is 0 Å². The van der Waals surface area contributed by atoms with E-state index in [0.29, 0.717) is 0 Å². The molecule has 0 spiro atoms. The summed E-state index contributed by atoms with van der Waals surface area (Å²) in [6.45, 7) is 3.55. The second-order valence-electron chi connectivity index (χ2n) is 3.37. The summed E-state index contributed by atoms with van der Waals surface area (Å²) in [6.07, 6.45) is 2.76. The zero-order valence-corrected chi connectivity index (χ0v) is 8.34. The molecule has 2 aliphatic heterocycles. The molecule has 1 N–H and O–H groups in total. The number of rotatable bonds is 0. The molecular weight excluding hydrogens is 239 g/mol. The molecule has 58 valence electrons. The summed E-state index contributed by atoms with van der Waals surface area (Å²) in [5, 5.41) is 3.62. The first kappa shape index (κ1) is 7.31. The minimum Gasteiger partial charge on any atom is -0.308 e. The predicted octanol–water partition coefficient (Wildman–Crippen LogP) is 1.16. The van der Waals surface area contributed by atoms with Gasteiger partial charge in [-0.05, 0) is 19.8 Å². The summed E-state index contributed by atoms with van der Waals surface area (Å²) in [6, 6.07) is 2.30. The molecule has 2 rings (SSSR count). The highest BCUT2D eigenvalue weighted by atomic mass is 127. The van der Waals surface area contributed by atoms with Crippen molar-refractivity contribution in [3.05, 3.63) is 0 Å². The third-order valence-corrected chi connectivity index (χ3v) is 3.97. The number of hydrogen-bond donors (Lipinski definition) is 1. The van der Waals surface area contributed by atoms with E-state index in [1.54, 1.807) is 0 Å². The fourth-order valence-corrected chi connectivity index (χ4v) is 2.81. The van der Waals surface area contributed by atoms with Crippen LogP contribution >= 0.6 is 22.9 Å². The van der Waals surface area contributed by atoms with Crippen LogP contribution in [0.4, 0.5) is 0 Å². The molecule has 3 unspecified atom stereocenters. The first-order chi connectivity index (χ1) is 4.77. The molecule has 2 heterocycles. The van der Waals surface area contributed by atoms with Gasteiger partial charge in [-0.3, -0.25) is 0 Å². The highest BCUT2D eigenvalue weighted by molar-refractivity contribution is 14.1. The van der Waals surface area contributed by atoms with Crippen molar-refractivity contribution in [3.8, 4) is 0 Å². The quantitative estimate of drug-likeness (QED) is 0.514. The van der Waals surface area contributed by atoms with Crippen molar-refractivity contribution in [2.24, 2.45) is 0 Å². The molecule has 0 radical (unpaired) electrons. The van der Waals surface area contributed by atoms with Crippen LogP contribution < -0.4 is 5.32 Å². The monoisotopic (exact) mass is 252 g/mol. The number of fused-ring (bicyclic) bond motifs is 2. The van der Waals surface area contributed by atoms with Crippen molar-refractivity contribution < 1.29 is 0 Å². The molecule has 2 nitrogen and oxygen atoms in total. The third-order valence-electron chi connectivity index (χ3n) is 2.69. The molecule has 0 aromatic carbocycles. The van der Waals surface area contributed by atoms with Crippen molar-refractivity contribution >= 4 is 22.9 Å². The third kappa shape index (κ3) is 1.08. The van der Waals surface area contributed by atoms with Crippen molar-refractivity contribution in [1.82, 2.24) is 8.43 Å². The maximum absolute atomic E-state index is 3.62. The average molecular weight is 252 g/mol. The van der Waals surface area contributed by atoms with Gasteiger partial charge >= 0.3 is 0 Å². The van der Waals surface area contributed by atoms with Crippen LogP contribution in [0.5, 0.6) is 0 Å². The summed E-state index contributed by atoms with van der Waals surface area (Å²) in [7, 11) is 0. The molecule has 0 amide bonds. The molecule has 2 saturated heterocycles. The van der Waals surface area contributed by atoms with E-state index in [-0.39, 0.29) is 0 Å². The van der Waals surface area contributed by atoms with Gasteiger partial charge in [0, 0.05) is 47.5 Å². The van der Waals surface area contributed by atoms with Crippen molar-refractivity contribution in [2.75, 3.05) is 6.54 Å². The Morgan fingerprint density at radius 3 is 3.10 bits per heavy atom. The zero-order chi connectivity index (χ0) is 7.14. The van der Waals surface area contributed by atoms with Gasteiger partial charge in [0.25, 0.3) is 0 Å². The maximum atomic E-state index is 3.62. The summed E-state index contributed by atoms with van der Waals surface area (Å²) >= 11 is 2.45. The SMILES string of the molecule is CC1C2CCC(CN1I)N2. The second kappa shape index (κ2) is 2.60. The molecule has 2 bridgehead atoms. The van der Waals surface area contributed by atoms with Crippen LogP contribution in [0.25, 0.3) is 0 Å². The van der Waals surface area contributed by atoms with Gasteiger partial charge in [0.1, 0.15) is 0 Å². The Morgan fingerprint density at radius 1 is 1.50 bits per heavy atom. The minimum absolute atomic E-state index is 0.736. The molecule has 2 aliphatic rings. The Balaban J connectivity index is 2.09. The topological polar surface area (TPSA) is 15.3 Å². The molecule has 0 aliphatic carbocycles. The van der Waals surface area contributed by atoms with Crippen molar-refractivity contribution in [1.29, 1.82) is 0 Å². The molecular formula is C7H13IN2. The Bertz CT molecular complexity index is 140. The standard InChI is InChI=1S/C7H13IN2/c1-5-7-3-2-6(9-7)4-10(5)8/h5-7,9H,2-4H2,1H3. The average Bonchev–Trinajstić information content (AvgIpc) is 2.29. The van der Waals surface area contributed by atoms with Crippen molar-refractivity contribution in [3.63, 3.8) is 0 Å². The lowest BCUT2D eigenvalue weighted by Gasteiger charge is -2.34. The lowest BCUT2D eigenvalue weighted by Crippen LogP contribution is -2.52. The lowest BCUT2D eigenvalue weighted by molar-refractivity contribution is 0.262. The van der Waals surface area contributed by atoms with E-state index in [9.17, 15) is 0 Å². The summed E-state index contributed by atoms with van der Waals surface area (Å²) in [5.74, 6) is 0. The first-order valence-corrected chi connectivity index (χ1v) is 4.92. The van der Waals surface area contributed by atoms with E-state index >= 15 is 0 Å². The number of halogens is 1. The Morgan fingerprint density at radius 2 is 2.30 bits per heavy atom. The van der Waals surface area contributed by atoms with Gasteiger partial charge in [-0.1, -0.05) is 0 Å². The van der Waals surface area contributed by atoms with E-state index in [2.05, 4.69) is 38.2 Å². The molecule has 10 heavy (non-hydrogen) atoms. The van der Waals surface area contributed by atoms with Gasteiger partial charge in [0.05, 0.1) is 0 Å². The Hall–Kier alpha value is 0.650. The van der Waals surface area contributed by atoms with Crippen LogP contribution in [0.15, 0.2) is 0 Å². The van der Waals surface area contributed by atoms with Crippen LogP contribution in [0.1, 0.15) is 19.8 Å². The zero-order valence-electron chi connectivity index (χ0n) is 6.18. The van der Waals surface area contributed by atoms with E-state index in [4.69, 9.17) is 0 Å². The van der Waals surface area contributed by atoms with Crippen LogP contribution in [-0.2, 0) is 0 Å². The number of piperazine rings is 1. The van der Waals surface area contributed by atoms with E-state index in [0.717, 1.165) is 18.1 Å². The van der Waals surface area contributed by atoms with E-state index in [1.165, 1.54) is 19.4 Å². The van der Waals surface area contributed by atoms with E-state index < -0.39 is 0 Å². The van der Waals surface area contributed by atoms with Gasteiger partial charge in [-0.15, -0.1) is 0 Å². The smallest absolute Gasteiger partial charge is 0.0320 e. The normalized spacial score (nSPS) is 48.0. The number of nitrogens with one attached hydrogen (secondary N) is 1. The highest BCUT2D eigenvalue weighted by Gasteiger charge is 2.36. The predicted molar refractivity (Wildman–Crippen MR) is 50.1 cm³/mol. The molecule has 0 aromatic heterocycles. The number of hydrogen-bond acceptors (Lipinski definition) is 2. The molecule has 0 aromatic rings. The Labute approximate surface area is 75.8 Å². The summed E-state index contributed by atoms with van der Waals surface area (Å²) in [4.78, 5) is 0. The van der Waals surface area contributed by atoms with Crippen LogP contribution in [0.2, 0.25) is 0 Å². The van der Waals surface area contributed by atoms with Gasteiger partial charge in [-0.25, -0.2) is 3.11 Å². The minimum atomic E-state index is 0.736. The van der Waals surface area contributed by atoms with Crippen LogP contribution in [0.3, 0.4) is 0 Å². The molecule has 0 saturated carbocycles. The summed E-state index contributed by atoms with van der Waals surface area (Å²) < 4.78 is 2.44. The van der Waals surface area contributed by atoms with E-state index in [1.807, 2.05) is 0 Å². The largest absolute Gasteiger partial charge is 0.308 e. The molecule has 2 fully saturated rings. The molecule has 3 atom stereocenters. The maximum Gasteiger partial charge on any atom is 0.0320 e. The fraction of sp³-hybridized carbons (Fsp3) is 1.00. The Kier molecular flexibility index (Phi) is 1.90. The van der Waals surface area contributed by atoms with Gasteiger partial charge in [0.2, 0.25) is 0 Å². The second-order valence-corrected chi connectivity index (χ2v) is 4.61.